The Morgan fingerprint density at radius 3 is 2.84 bits per heavy atom. The molecule has 0 radical (unpaired) electrons. The Kier molecular flexibility index (Phi) is 5.38. The first-order valence-electron chi connectivity index (χ1n) is 8.96. The Morgan fingerprint density at radius 1 is 1.24 bits per heavy atom. The monoisotopic (exact) mass is 342 g/mol. The van der Waals surface area contributed by atoms with Crippen LogP contribution in [0.25, 0.3) is 10.9 Å². The Balaban J connectivity index is 1.78. The zero-order valence-corrected chi connectivity index (χ0v) is 14.9. The van der Waals surface area contributed by atoms with Crippen LogP contribution in [0.1, 0.15) is 26.2 Å². The van der Waals surface area contributed by atoms with E-state index < -0.39 is 0 Å². The number of carbonyl (C=O) groups excluding carboxylic acids is 2. The molecular formula is C19H26N4O2. The van der Waals surface area contributed by atoms with Gasteiger partial charge in [-0.15, -0.1) is 0 Å². The van der Waals surface area contributed by atoms with Gasteiger partial charge in [0.1, 0.15) is 6.54 Å². The van der Waals surface area contributed by atoms with E-state index in [-0.39, 0.29) is 24.4 Å². The summed E-state index contributed by atoms with van der Waals surface area (Å²) in [5, 5.41) is 6.74. The normalized spacial score (nSPS) is 18.2. The molecule has 1 aromatic carbocycles. The lowest BCUT2D eigenvalue weighted by Crippen LogP contribution is -2.46. The zero-order chi connectivity index (χ0) is 17.8. The van der Waals surface area contributed by atoms with Crippen molar-refractivity contribution in [2.45, 2.75) is 38.8 Å². The second-order valence-corrected chi connectivity index (χ2v) is 6.52. The third kappa shape index (κ3) is 3.85. The molecule has 1 atom stereocenters. The maximum atomic E-state index is 12.7. The second-order valence-electron chi connectivity index (χ2n) is 6.52. The van der Waals surface area contributed by atoms with Crippen LogP contribution in [0.15, 0.2) is 30.5 Å². The maximum absolute atomic E-state index is 12.7. The second kappa shape index (κ2) is 7.70. The highest BCUT2D eigenvalue weighted by atomic mass is 16.2. The Labute approximate surface area is 148 Å². The van der Waals surface area contributed by atoms with Crippen LogP contribution in [0.3, 0.4) is 0 Å². The average Bonchev–Trinajstić information content (AvgIpc) is 3.03. The van der Waals surface area contributed by atoms with Crippen LogP contribution in [0.5, 0.6) is 0 Å². The molecule has 2 N–H and O–H groups in total. The molecule has 2 amide bonds. The maximum Gasteiger partial charge on any atom is 0.241 e. The number of nitrogens with one attached hydrogen (secondary N) is 2. The molecule has 1 fully saturated rings. The van der Waals surface area contributed by atoms with E-state index in [1.165, 1.54) is 0 Å². The molecule has 6 nitrogen and oxygen atoms in total. The lowest BCUT2D eigenvalue weighted by molar-refractivity contribution is -0.122. The summed E-state index contributed by atoms with van der Waals surface area (Å²) in [5.41, 5.74) is 1.72. The molecule has 0 saturated carbocycles. The number of piperidine rings is 1. The van der Waals surface area contributed by atoms with Gasteiger partial charge in [-0.2, -0.15) is 0 Å². The first-order valence-corrected chi connectivity index (χ1v) is 8.96. The van der Waals surface area contributed by atoms with Crippen molar-refractivity contribution in [2.75, 3.05) is 25.5 Å². The molecule has 1 unspecified atom stereocenters. The highest BCUT2D eigenvalue weighted by Gasteiger charge is 2.27. The number of likely N-dealkylation sites (N-methyl/N-ethyl adjacent to an activating group) is 2. The van der Waals surface area contributed by atoms with Crippen molar-refractivity contribution in [1.29, 1.82) is 0 Å². The van der Waals surface area contributed by atoms with Crippen molar-refractivity contribution >= 4 is 28.4 Å². The van der Waals surface area contributed by atoms with Crippen LogP contribution in [0, 0.1) is 0 Å². The highest BCUT2D eigenvalue weighted by Crippen LogP contribution is 2.22. The first kappa shape index (κ1) is 17.5. The van der Waals surface area contributed by atoms with Gasteiger partial charge in [0.2, 0.25) is 11.8 Å². The van der Waals surface area contributed by atoms with Crippen LogP contribution in [0.2, 0.25) is 0 Å². The van der Waals surface area contributed by atoms with Crippen LogP contribution in [0.4, 0.5) is 5.69 Å². The summed E-state index contributed by atoms with van der Waals surface area (Å²) < 4.78 is 1.89. The number of fused-ring (bicyclic) bond motifs is 1. The predicted molar refractivity (Wildman–Crippen MR) is 99.5 cm³/mol. The minimum Gasteiger partial charge on any atom is -0.358 e. The molecule has 25 heavy (non-hydrogen) atoms. The van der Waals surface area contributed by atoms with E-state index in [4.69, 9.17) is 0 Å². The highest BCUT2D eigenvalue weighted by molar-refractivity contribution is 5.97. The number of rotatable bonds is 5. The molecule has 1 aromatic heterocycles. The minimum atomic E-state index is -0.0490. The minimum absolute atomic E-state index is 0.0484. The molecule has 134 valence electrons. The number of nitrogens with zero attached hydrogens (tertiary/aromatic N) is 2. The third-order valence-electron chi connectivity index (χ3n) is 4.96. The number of amides is 2. The van der Waals surface area contributed by atoms with Crippen LogP contribution < -0.4 is 10.6 Å². The van der Waals surface area contributed by atoms with Gasteiger partial charge >= 0.3 is 0 Å². The molecule has 2 aromatic rings. The molecule has 0 bridgehead atoms. The quantitative estimate of drug-likeness (QED) is 0.875. The Hall–Kier alpha value is -2.34. The first-order chi connectivity index (χ1) is 12.1. The molecule has 2 heterocycles. The van der Waals surface area contributed by atoms with Crippen molar-refractivity contribution < 1.29 is 9.59 Å². The van der Waals surface area contributed by atoms with Crippen molar-refractivity contribution in [2.24, 2.45) is 0 Å². The van der Waals surface area contributed by atoms with Crippen LogP contribution in [-0.2, 0) is 16.1 Å². The number of anilines is 1. The van der Waals surface area contributed by atoms with E-state index in [9.17, 15) is 9.59 Å². The molecule has 1 saturated heterocycles. The topological polar surface area (TPSA) is 66.4 Å². The van der Waals surface area contributed by atoms with E-state index in [1.54, 1.807) is 7.05 Å². The largest absolute Gasteiger partial charge is 0.358 e. The van der Waals surface area contributed by atoms with E-state index >= 15 is 0 Å². The fourth-order valence-electron chi connectivity index (χ4n) is 3.53. The zero-order valence-electron chi connectivity index (χ0n) is 14.9. The van der Waals surface area contributed by atoms with Gasteiger partial charge in [-0.05, 0) is 49.5 Å². The SMILES string of the molecule is CCN1CCCCC1C(=O)Nc1ccc2ccn(CC(=O)NC)c2c1. The standard InChI is InChI=1S/C19H26N4O2/c1-3-22-10-5-4-6-16(22)19(25)21-15-8-7-14-9-11-23(17(14)12-15)13-18(24)20-2/h7-9,11-12,16H,3-6,10,13H2,1-2H3,(H,20,24)(H,21,25). The van der Waals surface area contributed by atoms with E-state index in [2.05, 4.69) is 22.5 Å². The molecule has 0 aliphatic carbocycles. The summed E-state index contributed by atoms with van der Waals surface area (Å²) >= 11 is 0. The van der Waals surface area contributed by atoms with Crippen molar-refractivity contribution in [3.8, 4) is 0 Å². The summed E-state index contributed by atoms with van der Waals surface area (Å²) in [6.07, 6.45) is 5.07. The third-order valence-corrected chi connectivity index (χ3v) is 4.96. The summed E-state index contributed by atoms with van der Waals surface area (Å²) in [6.45, 7) is 4.25. The lowest BCUT2D eigenvalue weighted by Gasteiger charge is -2.33. The molecular weight excluding hydrogens is 316 g/mol. The Morgan fingerprint density at radius 2 is 2.08 bits per heavy atom. The van der Waals surface area contributed by atoms with Crippen molar-refractivity contribution in [3.05, 3.63) is 30.5 Å². The number of carbonyl (C=O) groups is 2. The molecule has 1 aliphatic heterocycles. The summed E-state index contributed by atoms with van der Waals surface area (Å²) in [6, 6.07) is 7.76. The average molecular weight is 342 g/mol. The fourth-order valence-corrected chi connectivity index (χ4v) is 3.53. The van der Waals surface area contributed by atoms with Gasteiger partial charge in [-0.25, -0.2) is 0 Å². The lowest BCUT2D eigenvalue weighted by atomic mass is 10.0. The van der Waals surface area contributed by atoms with Gasteiger partial charge in [0.05, 0.1) is 11.6 Å². The number of benzene rings is 1. The number of hydrogen-bond acceptors (Lipinski definition) is 3. The van der Waals surface area contributed by atoms with Gasteiger partial charge < -0.3 is 15.2 Å². The number of hydrogen-bond donors (Lipinski definition) is 2. The molecule has 1 aliphatic rings. The van der Waals surface area contributed by atoms with E-state index in [0.717, 1.165) is 48.9 Å². The van der Waals surface area contributed by atoms with Gasteiger partial charge in [-0.3, -0.25) is 14.5 Å². The van der Waals surface area contributed by atoms with Gasteiger partial charge in [0.15, 0.2) is 0 Å². The predicted octanol–water partition coefficient (Wildman–Crippen LogP) is 2.20. The number of likely N-dealkylation sites (tertiary alicyclic amines) is 1. The summed E-state index contributed by atoms with van der Waals surface area (Å²) in [5.74, 6) is 0.0121. The smallest absolute Gasteiger partial charge is 0.241 e. The number of aromatic nitrogens is 1. The Bertz CT molecular complexity index is 768. The van der Waals surface area contributed by atoms with E-state index in [0.29, 0.717) is 0 Å². The summed E-state index contributed by atoms with van der Waals surface area (Å²) in [4.78, 5) is 26.6. The molecule has 0 spiro atoms. The van der Waals surface area contributed by atoms with Crippen LogP contribution in [-0.4, -0.2) is 47.5 Å². The van der Waals surface area contributed by atoms with Gasteiger partial charge in [-0.1, -0.05) is 19.4 Å². The van der Waals surface area contributed by atoms with E-state index in [1.807, 2.05) is 35.0 Å². The van der Waals surface area contributed by atoms with Crippen molar-refractivity contribution in [3.63, 3.8) is 0 Å². The molecule has 3 rings (SSSR count). The van der Waals surface area contributed by atoms with Gasteiger partial charge in [0, 0.05) is 18.9 Å². The fraction of sp³-hybridized carbons (Fsp3) is 0.474. The van der Waals surface area contributed by atoms with Crippen LogP contribution >= 0.6 is 0 Å². The summed E-state index contributed by atoms with van der Waals surface area (Å²) in [7, 11) is 1.63. The van der Waals surface area contributed by atoms with Crippen molar-refractivity contribution in [1.82, 2.24) is 14.8 Å². The molecule has 6 heteroatoms. The van der Waals surface area contributed by atoms with Gasteiger partial charge in [0.25, 0.3) is 0 Å².